The Morgan fingerprint density at radius 2 is 1.71 bits per heavy atom. The van der Waals surface area contributed by atoms with E-state index >= 15 is 0 Å². The summed E-state index contributed by atoms with van der Waals surface area (Å²) in [6.07, 6.45) is 2.55. The first-order valence-electron chi connectivity index (χ1n) is 4.08. The van der Waals surface area contributed by atoms with Crippen molar-refractivity contribution in [2.45, 2.75) is 6.92 Å². The lowest BCUT2D eigenvalue weighted by molar-refractivity contribution is -0.112. The number of ketones is 2. The highest BCUT2D eigenvalue weighted by Gasteiger charge is 2.00. The second-order valence-electron chi connectivity index (χ2n) is 2.82. The molecule has 0 spiro atoms. The van der Waals surface area contributed by atoms with Crippen LogP contribution in [0.5, 0.6) is 0 Å². The molecule has 0 aliphatic heterocycles. The van der Waals surface area contributed by atoms with Gasteiger partial charge in [0.15, 0.2) is 11.6 Å². The average Bonchev–Trinajstić information content (AvgIpc) is 2.15. The molecule has 0 aliphatic rings. The summed E-state index contributed by atoms with van der Waals surface area (Å²) in [7, 11) is 0. The molecule has 1 aromatic carbocycles. The van der Waals surface area contributed by atoms with Crippen molar-refractivity contribution in [1.82, 2.24) is 0 Å². The molecule has 0 saturated heterocycles. The largest absolute Gasteiger partial charge is 0.295 e. The lowest BCUT2D eigenvalue weighted by Gasteiger charge is -1.94. The Morgan fingerprint density at radius 1 is 1.14 bits per heavy atom. The summed E-state index contributed by atoms with van der Waals surface area (Å²) in [5, 5.41) is 0. The standard InChI is InChI=1S/C11H9BrO2/c1-8(13)2-7-11(14)9-3-5-10(12)6-4-9/h2-7H,1H3/b7-2+. The smallest absolute Gasteiger partial charge is 0.185 e. The van der Waals surface area contributed by atoms with Gasteiger partial charge < -0.3 is 0 Å². The maximum absolute atomic E-state index is 11.4. The van der Waals surface area contributed by atoms with Crippen LogP contribution in [-0.2, 0) is 4.79 Å². The number of halogens is 1. The van der Waals surface area contributed by atoms with Crippen LogP contribution in [-0.4, -0.2) is 11.6 Å². The van der Waals surface area contributed by atoms with Crippen molar-refractivity contribution in [3.8, 4) is 0 Å². The van der Waals surface area contributed by atoms with Crippen molar-refractivity contribution in [2.24, 2.45) is 0 Å². The minimum absolute atomic E-state index is 0.129. The van der Waals surface area contributed by atoms with Crippen LogP contribution < -0.4 is 0 Å². The zero-order chi connectivity index (χ0) is 10.6. The summed E-state index contributed by atoms with van der Waals surface area (Å²) in [6.45, 7) is 1.41. The van der Waals surface area contributed by atoms with Gasteiger partial charge in [0.1, 0.15) is 0 Å². The number of hydrogen-bond donors (Lipinski definition) is 0. The number of benzene rings is 1. The molecule has 0 amide bonds. The van der Waals surface area contributed by atoms with E-state index in [4.69, 9.17) is 0 Å². The van der Waals surface area contributed by atoms with Crippen LogP contribution in [0.4, 0.5) is 0 Å². The van der Waals surface area contributed by atoms with Gasteiger partial charge in [0.05, 0.1) is 0 Å². The van der Waals surface area contributed by atoms with Gasteiger partial charge in [-0.25, -0.2) is 0 Å². The number of allylic oxidation sites excluding steroid dienone is 2. The van der Waals surface area contributed by atoms with Gasteiger partial charge in [-0.15, -0.1) is 0 Å². The van der Waals surface area contributed by atoms with Crippen LogP contribution in [0.1, 0.15) is 17.3 Å². The molecule has 0 heterocycles. The van der Waals surface area contributed by atoms with Gasteiger partial charge >= 0.3 is 0 Å². The Bertz CT molecular complexity index is 377. The number of carbonyl (C=O) groups is 2. The van der Waals surface area contributed by atoms with Crippen molar-refractivity contribution in [2.75, 3.05) is 0 Å². The Balaban J connectivity index is 2.80. The Morgan fingerprint density at radius 3 is 2.21 bits per heavy atom. The molecular formula is C11H9BrO2. The summed E-state index contributed by atoms with van der Waals surface area (Å²) in [6, 6.07) is 6.98. The quantitative estimate of drug-likeness (QED) is 0.613. The first-order chi connectivity index (χ1) is 6.59. The highest BCUT2D eigenvalue weighted by atomic mass is 79.9. The maximum atomic E-state index is 11.4. The molecular weight excluding hydrogens is 244 g/mol. The van der Waals surface area contributed by atoms with E-state index in [0.29, 0.717) is 5.56 Å². The molecule has 3 heteroatoms. The van der Waals surface area contributed by atoms with Gasteiger partial charge in [0, 0.05) is 10.0 Å². The normalized spacial score (nSPS) is 10.4. The molecule has 0 N–H and O–H groups in total. The van der Waals surface area contributed by atoms with E-state index in [1.807, 2.05) is 0 Å². The third kappa shape index (κ3) is 3.26. The fourth-order valence-electron chi connectivity index (χ4n) is 0.903. The summed E-state index contributed by atoms with van der Waals surface area (Å²) in [5.74, 6) is -0.289. The molecule has 1 aromatic rings. The highest BCUT2D eigenvalue weighted by Crippen LogP contribution is 2.11. The summed E-state index contributed by atoms with van der Waals surface area (Å²) in [5.41, 5.74) is 0.575. The molecule has 72 valence electrons. The van der Waals surface area contributed by atoms with Gasteiger partial charge in [-0.05, 0) is 43.3 Å². The zero-order valence-electron chi connectivity index (χ0n) is 7.66. The fourth-order valence-corrected chi connectivity index (χ4v) is 1.17. The van der Waals surface area contributed by atoms with E-state index in [-0.39, 0.29) is 11.6 Å². The first-order valence-corrected chi connectivity index (χ1v) is 4.87. The van der Waals surface area contributed by atoms with E-state index in [0.717, 1.165) is 4.47 Å². The van der Waals surface area contributed by atoms with Crippen LogP contribution in [0.15, 0.2) is 40.9 Å². The predicted octanol–water partition coefficient (Wildman–Crippen LogP) is 2.78. The van der Waals surface area contributed by atoms with Gasteiger partial charge in [0.25, 0.3) is 0 Å². The molecule has 1 rings (SSSR count). The summed E-state index contributed by atoms with van der Waals surface area (Å²) in [4.78, 5) is 22.0. The third-order valence-corrected chi connectivity index (χ3v) is 2.13. The third-order valence-electron chi connectivity index (χ3n) is 1.60. The van der Waals surface area contributed by atoms with E-state index in [1.54, 1.807) is 24.3 Å². The zero-order valence-corrected chi connectivity index (χ0v) is 9.24. The fraction of sp³-hybridized carbons (Fsp3) is 0.0909. The minimum atomic E-state index is -0.160. The summed E-state index contributed by atoms with van der Waals surface area (Å²) < 4.78 is 0.921. The van der Waals surface area contributed by atoms with E-state index in [2.05, 4.69) is 15.9 Å². The number of carbonyl (C=O) groups excluding carboxylic acids is 2. The van der Waals surface area contributed by atoms with Gasteiger partial charge in [-0.3, -0.25) is 9.59 Å². The van der Waals surface area contributed by atoms with Crippen LogP contribution in [0, 0.1) is 0 Å². The van der Waals surface area contributed by atoms with Crippen LogP contribution >= 0.6 is 15.9 Å². The SMILES string of the molecule is CC(=O)/C=C/C(=O)c1ccc(Br)cc1. The maximum Gasteiger partial charge on any atom is 0.185 e. The molecule has 0 bridgehead atoms. The van der Waals surface area contributed by atoms with Gasteiger partial charge in [-0.2, -0.15) is 0 Å². The van der Waals surface area contributed by atoms with Gasteiger partial charge in [0.2, 0.25) is 0 Å². The molecule has 0 atom stereocenters. The monoisotopic (exact) mass is 252 g/mol. The van der Waals surface area contributed by atoms with Crippen molar-refractivity contribution in [3.63, 3.8) is 0 Å². The van der Waals surface area contributed by atoms with Crippen molar-refractivity contribution in [1.29, 1.82) is 0 Å². The van der Waals surface area contributed by atoms with Crippen molar-refractivity contribution < 1.29 is 9.59 Å². The molecule has 2 nitrogen and oxygen atoms in total. The Kier molecular flexibility index (Phi) is 3.77. The minimum Gasteiger partial charge on any atom is -0.295 e. The first kappa shape index (κ1) is 10.9. The van der Waals surface area contributed by atoms with Crippen LogP contribution in [0.25, 0.3) is 0 Å². The second-order valence-corrected chi connectivity index (χ2v) is 3.73. The Hall–Kier alpha value is -1.22. The molecule has 0 saturated carbocycles. The van der Waals surface area contributed by atoms with Gasteiger partial charge in [-0.1, -0.05) is 15.9 Å². The average molecular weight is 253 g/mol. The van der Waals surface area contributed by atoms with Crippen LogP contribution in [0.3, 0.4) is 0 Å². The lowest BCUT2D eigenvalue weighted by Crippen LogP contribution is -1.94. The predicted molar refractivity (Wildman–Crippen MR) is 58.3 cm³/mol. The van der Waals surface area contributed by atoms with E-state index in [1.165, 1.54) is 19.1 Å². The molecule has 0 aliphatic carbocycles. The topological polar surface area (TPSA) is 34.1 Å². The van der Waals surface area contributed by atoms with Crippen molar-refractivity contribution in [3.05, 3.63) is 46.5 Å². The molecule has 0 radical (unpaired) electrons. The van der Waals surface area contributed by atoms with E-state index < -0.39 is 0 Å². The van der Waals surface area contributed by atoms with Crippen LogP contribution in [0.2, 0.25) is 0 Å². The number of hydrogen-bond acceptors (Lipinski definition) is 2. The number of rotatable bonds is 3. The molecule has 0 fully saturated rings. The highest BCUT2D eigenvalue weighted by molar-refractivity contribution is 9.10. The molecule has 0 aromatic heterocycles. The molecule has 0 unspecified atom stereocenters. The van der Waals surface area contributed by atoms with E-state index in [9.17, 15) is 9.59 Å². The summed E-state index contributed by atoms with van der Waals surface area (Å²) >= 11 is 3.27. The second kappa shape index (κ2) is 4.86. The molecule has 14 heavy (non-hydrogen) atoms. The van der Waals surface area contributed by atoms with Crippen molar-refractivity contribution >= 4 is 27.5 Å². The Labute approximate surface area is 90.8 Å². The lowest BCUT2D eigenvalue weighted by atomic mass is 10.1.